The fourth-order valence-electron chi connectivity index (χ4n) is 1.54. The van der Waals surface area contributed by atoms with Gasteiger partial charge in [-0.05, 0) is 24.3 Å². The maximum Gasteiger partial charge on any atom is 0.514 e. The van der Waals surface area contributed by atoms with Gasteiger partial charge in [0.2, 0.25) is 0 Å². The van der Waals surface area contributed by atoms with Crippen molar-refractivity contribution in [2.45, 2.75) is 12.5 Å². The summed E-state index contributed by atoms with van der Waals surface area (Å²) in [5, 5.41) is 0. The van der Waals surface area contributed by atoms with Crippen molar-refractivity contribution in [1.82, 2.24) is 0 Å². The number of rotatable bonds is 2. The second kappa shape index (κ2) is 5.74. The Labute approximate surface area is 110 Å². The first-order valence-electron chi connectivity index (χ1n) is 5.49. The lowest BCUT2D eigenvalue weighted by Crippen LogP contribution is -2.32. The molecule has 0 saturated carbocycles. The average molecular weight is 292 g/mol. The molecular weight excluding hydrogens is 279 g/mol. The van der Waals surface area contributed by atoms with Gasteiger partial charge < -0.3 is 18.6 Å². The molecule has 0 spiro atoms. The molecule has 0 bridgehead atoms. The number of carbonyl (C=O) groups excluding carboxylic acids is 1. The third kappa shape index (κ3) is 4.35. The van der Waals surface area contributed by atoms with E-state index in [9.17, 15) is 18.3 Å². The summed E-state index contributed by atoms with van der Waals surface area (Å²) in [6, 6.07) is 4.86. The molecule has 1 aliphatic rings. The summed E-state index contributed by atoms with van der Waals surface area (Å²) in [4.78, 5) is 11.4. The fraction of sp³-hybridized carbons (Fsp3) is 0.364. The lowest BCUT2D eigenvalue weighted by molar-refractivity contribution is 0.0466. The molecule has 2 N–H and O–H groups in total. The van der Waals surface area contributed by atoms with Crippen LogP contribution in [-0.2, 0) is 8.92 Å². The zero-order valence-corrected chi connectivity index (χ0v) is 10.6. The monoisotopic (exact) mass is 292 g/mol. The average Bonchev–Trinajstić information content (AvgIpc) is 2.30. The van der Waals surface area contributed by atoms with Crippen molar-refractivity contribution in [2.24, 2.45) is 0 Å². The SMILES string of the molecule is O=C(Oc1ccc(F)cc1)OC1CCOS(O)(O)C1. The normalized spacial score (nSPS) is 23.4. The molecule has 1 heterocycles. The summed E-state index contributed by atoms with van der Waals surface area (Å²) in [6.07, 6.45) is -1.30. The molecule has 1 aromatic carbocycles. The molecule has 1 atom stereocenters. The highest BCUT2D eigenvalue weighted by molar-refractivity contribution is 8.20. The van der Waals surface area contributed by atoms with Crippen LogP contribution in [0.25, 0.3) is 0 Å². The Morgan fingerprint density at radius 3 is 2.68 bits per heavy atom. The van der Waals surface area contributed by atoms with Crippen LogP contribution in [0.1, 0.15) is 6.42 Å². The quantitative estimate of drug-likeness (QED) is 0.644. The van der Waals surface area contributed by atoms with E-state index in [4.69, 9.17) is 13.7 Å². The van der Waals surface area contributed by atoms with Crippen molar-refractivity contribution in [3.05, 3.63) is 30.1 Å². The van der Waals surface area contributed by atoms with Crippen LogP contribution in [-0.4, -0.2) is 33.7 Å². The van der Waals surface area contributed by atoms with Crippen molar-refractivity contribution in [3.63, 3.8) is 0 Å². The van der Waals surface area contributed by atoms with Gasteiger partial charge in [0.05, 0.1) is 23.2 Å². The van der Waals surface area contributed by atoms with Crippen LogP contribution >= 0.6 is 10.9 Å². The van der Waals surface area contributed by atoms with Crippen LogP contribution in [0.2, 0.25) is 0 Å². The largest absolute Gasteiger partial charge is 0.514 e. The molecule has 106 valence electrons. The minimum atomic E-state index is -3.14. The second-order valence-corrected chi connectivity index (χ2v) is 5.71. The summed E-state index contributed by atoms with van der Waals surface area (Å²) in [7, 11) is -3.14. The van der Waals surface area contributed by atoms with E-state index in [0.717, 1.165) is 12.1 Å². The van der Waals surface area contributed by atoms with Crippen LogP contribution in [0, 0.1) is 5.82 Å². The number of halogens is 1. The summed E-state index contributed by atoms with van der Waals surface area (Å²) in [6.45, 7) is 0.0941. The van der Waals surface area contributed by atoms with Crippen LogP contribution in [0.5, 0.6) is 5.75 Å². The number of hydrogen-bond donors (Lipinski definition) is 2. The number of benzene rings is 1. The highest BCUT2D eigenvalue weighted by atomic mass is 32.3. The lowest BCUT2D eigenvalue weighted by atomic mass is 10.3. The van der Waals surface area contributed by atoms with E-state index in [-0.39, 0.29) is 18.1 Å². The van der Waals surface area contributed by atoms with E-state index in [2.05, 4.69) is 0 Å². The van der Waals surface area contributed by atoms with Crippen molar-refractivity contribution in [3.8, 4) is 5.75 Å². The van der Waals surface area contributed by atoms with Crippen LogP contribution < -0.4 is 4.74 Å². The van der Waals surface area contributed by atoms with Crippen molar-refractivity contribution in [2.75, 3.05) is 12.4 Å². The summed E-state index contributed by atoms with van der Waals surface area (Å²) in [5.74, 6) is -0.477. The van der Waals surface area contributed by atoms with Crippen molar-refractivity contribution in [1.29, 1.82) is 0 Å². The molecular formula is C11H13FO6S. The first kappa shape index (κ1) is 14.1. The van der Waals surface area contributed by atoms with Gasteiger partial charge in [-0.1, -0.05) is 0 Å². The van der Waals surface area contributed by atoms with Crippen LogP contribution in [0.4, 0.5) is 9.18 Å². The molecule has 19 heavy (non-hydrogen) atoms. The molecule has 0 aromatic heterocycles. The van der Waals surface area contributed by atoms with Gasteiger partial charge in [0, 0.05) is 6.42 Å². The predicted molar refractivity (Wildman–Crippen MR) is 65.6 cm³/mol. The van der Waals surface area contributed by atoms with E-state index in [1.165, 1.54) is 12.1 Å². The Morgan fingerprint density at radius 1 is 1.37 bits per heavy atom. The van der Waals surface area contributed by atoms with Gasteiger partial charge in [-0.15, -0.1) is 0 Å². The van der Waals surface area contributed by atoms with E-state index in [1.54, 1.807) is 0 Å². The molecule has 1 fully saturated rings. The Balaban J connectivity index is 1.85. The molecule has 8 heteroatoms. The predicted octanol–water partition coefficient (Wildman–Crippen LogP) is 2.80. The highest BCUT2D eigenvalue weighted by Gasteiger charge is 2.32. The molecule has 0 amide bonds. The Bertz CT molecular complexity index is 449. The zero-order valence-electron chi connectivity index (χ0n) is 9.82. The number of ether oxygens (including phenoxy) is 2. The maximum atomic E-state index is 12.6. The molecule has 6 nitrogen and oxygen atoms in total. The zero-order chi connectivity index (χ0) is 13.9. The Kier molecular flexibility index (Phi) is 4.25. The standard InChI is InChI=1S/C11H13FO6S/c12-8-1-3-9(4-2-8)17-11(13)18-10-5-6-16-19(14,15)7-10/h1-4,10,14-15H,5-7H2. The molecule has 2 rings (SSSR count). The summed E-state index contributed by atoms with van der Waals surface area (Å²) >= 11 is 0. The topological polar surface area (TPSA) is 85.2 Å². The first-order valence-corrected chi connectivity index (χ1v) is 7.13. The minimum Gasteiger partial charge on any atom is -0.429 e. The third-order valence-electron chi connectivity index (χ3n) is 2.39. The van der Waals surface area contributed by atoms with Gasteiger partial charge in [0.15, 0.2) is 0 Å². The highest BCUT2D eigenvalue weighted by Crippen LogP contribution is 2.44. The van der Waals surface area contributed by atoms with Gasteiger partial charge in [-0.3, -0.25) is 4.18 Å². The summed E-state index contributed by atoms with van der Waals surface area (Å²) in [5.41, 5.74) is 0. The molecule has 1 saturated heterocycles. The minimum absolute atomic E-state index is 0.0941. The molecule has 0 radical (unpaired) electrons. The van der Waals surface area contributed by atoms with Gasteiger partial charge in [0.1, 0.15) is 17.7 Å². The van der Waals surface area contributed by atoms with E-state index < -0.39 is 28.9 Å². The number of carbonyl (C=O) groups is 1. The number of hydrogen-bond acceptors (Lipinski definition) is 6. The van der Waals surface area contributed by atoms with Crippen LogP contribution in [0.15, 0.2) is 24.3 Å². The maximum absolute atomic E-state index is 12.6. The smallest absolute Gasteiger partial charge is 0.429 e. The lowest BCUT2D eigenvalue weighted by Gasteiger charge is -2.34. The Hall–Kier alpha value is -1.35. The Morgan fingerprint density at radius 2 is 2.05 bits per heavy atom. The molecule has 1 aliphatic heterocycles. The van der Waals surface area contributed by atoms with E-state index >= 15 is 0 Å². The van der Waals surface area contributed by atoms with Gasteiger partial charge in [-0.2, -0.15) is 0 Å². The van der Waals surface area contributed by atoms with Gasteiger partial charge in [0.25, 0.3) is 0 Å². The fourth-order valence-corrected chi connectivity index (χ4v) is 2.72. The van der Waals surface area contributed by atoms with Crippen LogP contribution in [0.3, 0.4) is 0 Å². The molecule has 1 aromatic rings. The van der Waals surface area contributed by atoms with E-state index in [1.807, 2.05) is 0 Å². The van der Waals surface area contributed by atoms with Gasteiger partial charge in [-0.25, -0.2) is 9.18 Å². The van der Waals surface area contributed by atoms with Gasteiger partial charge >= 0.3 is 6.16 Å². The van der Waals surface area contributed by atoms with E-state index in [0.29, 0.717) is 6.42 Å². The van der Waals surface area contributed by atoms with Crippen molar-refractivity contribution >= 4 is 17.0 Å². The second-order valence-electron chi connectivity index (χ2n) is 3.93. The summed E-state index contributed by atoms with van der Waals surface area (Å²) < 4.78 is 45.8. The van der Waals surface area contributed by atoms with Crippen molar-refractivity contribution < 1.29 is 31.9 Å². The first-order chi connectivity index (χ1) is 8.94. The third-order valence-corrected chi connectivity index (χ3v) is 3.74. The molecule has 0 aliphatic carbocycles. The molecule has 1 unspecified atom stereocenters.